The molecule has 0 bridgehead atoms. The molecule has 28 heavy (non-hydrogen) atoms. The third-order valence-electron chi connectivity index (χ3n) is 6.38. The third-order valence-corrected chi connectivity index (χ3v) is 6.38. The van der Waals surface area contributed by atoms with Gasteiger partial charge in [-0.25, -0.2) is 0 Å². The Bertz CT molecular complexity index is 1260. The van der Waals surface area contributed by atoms with Gasteiger partial charge in [-0.15, -0.1) is 9.13 Å². The predicted octanol–water partition coefficient (Wildman–Crippen LogP) is 4.24. The molecule has 4 aromatic rings. The first-order chi connectivity index (χ1) is 13.7. The molecule has 132 valence electrons. The summed E-state index contributed by atoms with van der Waals surface area (Å²) in [4.78, 5) is 0. The van der Waals surface area contributed by atoms with E-state index in [0.29, 0.717) is 0 Å². The van der Waals surface area contributed by atoms with Crippen molar-refractivity contribution in [3.8, 4) is 34.0 Å². The molecule has 1 spiro atoms. The first-order valence-electron chi connectivity index (χ1n) is 9.71. The van der Waals surface area contributed by atoms with Crippen LogP contribution in [-0.2, 0) is 5.66 Å². The average Bonchev–Trinajstić information content (AvgIpc) is 3.15. The summed E-state index contributed by atoms with van der Waals surface area (Å²) in [5, 5.41) is 0. The molecule has 0 unspecified atom stereocenters. The van der Waals surface area contributed by atoms with E-state index in [1.807, 2.05) is 0 Å². The minimum Gasteiger partial charge on any atom is -0.456 e. The van der Waals surface area contributed by atoms with Crippen LogP contribution in [-0.4, -0.2) is 0 Å². The molecule has 2 aromatic heterocycles. The van der Waals surface area contributed by atoms with Crippen molar-refractivity contribution >= 4 is 0 Å². The van der Waals surface area contributed by atoms with Crippen LogP contribution in [0, 0.1) is 13.8 Å². The van der Waals surface area contributed by atoms with E-state index < -0.39 is 5.66 Å². The summed E-state index contributed by atoms with van der Waals surface area (Å²) in [6.45, 7) is 4.29. The summed E-state index contributed by atoms with van der Waals surface area (Å²) >= 11 is 0. The first-order valence-corrected chi connectivity index (χ1v) is 9.71. The van der Waals surface area contributed by atoms with Crippen molar-refractivity contribution in [1.82, 2.24) is 0 Å². The molecule has 7 rings (SSSR count). The van der Waals surface area contributed by atoms with Crippen LogP contribution < -0.4 is 13.9 Å². The van der Waals surface area contributed by atoms with E-state index in [0.717, 1.165) is 11.5 Å². The predicted molar refractivity (Wildman–Crippen MR) is 105 cm³/mol. The Morgan fingerprint density at radius 1 is 0.679 bits per heavy atom. The molecular weight excluding hydrogens is 344 g/mol. The van der Waals surface area contributed by atoms with Gasteiger partial charge in [-0.1, -0.05) is 0 Å². The Labute approximate surface area is 163 Å². The standard InChI is InChI=1S/C25H18N2O/c1-15-11-17-19-7-3-5-9-26(19)25-23(17)21(13-15)28-22-14-16(2)12-18(24(22)25)20-8-4-6-10-27(20)25/h3-14H,1-2H3/q+2. The molecule has 0 N–H and O–H groups in total. The van der Waals surface area contributed by atoms with Crippen LogP contribution in [0.2, 0.25) is 0 Å². The average molecular weight is 362 g/mol. The second kappa shape index (κ2) is 4.50. The molecule has 0 fully saturated rings. The Morgan fingerprint density at radius 2 is 1.18 bits per heavy atom. The van der Waals surface area contributed by atoms with Gasteiger partial charge in [0.2, 0.25) is 11.4 Å². The lowest BCUT2D eigenvalue weighted by atomic mass is 9.85. The van der Waals surface area contributed by atoms with Crippen molar-refractivity contribution in [2.24, 2.45) is 0 Å². The Morgan fingerprint density at radius 3 is 1.68 bits per heavy atom. The zero-order valence-corrected chi connectivity index (χ0v) is 15.7. The Kier molecular flexibility index (Phi) is 2.34. The number of ether oxygens (including phenoxy) is 1. The highest BCUT2D eigenvalue weighted by atomic mass is 16.5. The third kappa shape index (κ3) is 1.40. The zero-order chi connectivity index (χ0) is 18.6. The number of rotatable bonds is 0. The number of hydrogen-bond donors (Lipinski definition) is 0. The normalized spacial score (nSPS) is 15.4. The van der Waals surface area contributed by atoms with Gasteiger partial charge in [0, 0.05) is 24.3 Å². The lowest BCUT2D eigenvalue weighted by Crippen LogP contribution is -2.71. The highest BCUT2D eigenvalue weighted by Crippen LogP contribution is 2.57. The fraction of sp³-hybridized carbons (Fsp3) is 0.120. The van der Waals surface area contributed by atoms with Crippen LogP contribution in [0.4, 0.5) is 0 Å². The molecule has 3 aliphatic rings. The van der Waals surface area contributed by atoms with Gasteiger partial charge in [-0.3, -0.25) is 0 Å². The van der Waals surface area contributed by atoms with Crippen molar-refractivity contribution < 1.29 is 13.9 Å². The minimum absolute atomic E-state index is 0.428. The highest BCUT2D eigenvalue weighted by molar-refractivity contribution is 5.80. The van der Waals surface area contributed by atoms with Crippen LogP contribution in [0.25, 0.3) is 22.5 Å². The number of pyridine rings is 2. The molecule has 3 nitrogen and oxygen atoms in total. The fourth-order valence-corrected chi connectivity index (χ4v) is 5.52. The van der Waals surface area contributed by atoms with E-state index in [1.165, 1.54) is 44.8 Å². The van der Waals surface area contributed by atoms with Gasteiger partial charge < -0.3 is 4.74 Å². The van der Waals surface area contributed by atoms with Crippen LogP contribution >= 0.6 is 0 Å². The molecule has 3 aliphatic heterocycles. The van der Waals surface area contributed by atoms with Gasteiger partial charge in [-0.2, -0.15) is 0 Å². The summed E-state index contributed by atoms with van der Waals surface area (Å²) in [5.41, 5.74) is 9.48. The zero-order valence-electron chi connectivity index (χ0n) is 15.7. The summed E-state index contributed by atoms with van der Waals surface area (Å²) in [6, 6.07) is 21.9. The lowest BCUT2D eigenvalue weighted by molar-refractivity contribution is -0.955. The van der Waals surface area contributed by atoms with E-state index in [-0.39, 0.29) is 0 Å². The maximum atomic E-state index is 6.55. The van der Waals surface area contributed by atoms with Crippen LogP contribution in [0.5, 0.6) is 11.5 Å². The van der Waals surface area contributed by atoms with Gasteiger partial charge in [0.05, 0.1) is 11.1 Å². The molecular formula is C25H18N2O+2. The largest absolute Gasteiger partial charge is 0.456 e. The summed E-state index contributed by atoms with van der Waals surface area (Å²) in [7, 11) is 0. The van der Waals surface area contributed by atoms with Crippen molar-refractivity contribution in [3.63, 3.8) is 0 Å². The molecule has 0 saturated heterocycles. The number of benzene rings is 2. The quantitative estimate of drug-likeness (QED) is 0.369. The van der Waals surface area contributed by atoms with Gasteiger partial charge in [0.1, 0.15) is 11.5 Å². The van der Waals surface area contributed by atoms with Crippen LogP contribution in [0.1, 0.15) is 22.3 Å². The van der Waals surface area contributed by atoms with Gasteiger partial charge in [0.25, 0.3) is 0 Å². The first kappa shape index (κ1) is 14.6. The van der Waals surface area contributed by atoms with E-state index in [1.54, 1.807) is 0 Å². The molecule has 0 atom stereocenters. The fourth-order valence-electron chi connectivity index (χ4n) is 5.52. The van der Waals surface area contributed by atoms with E-state index in [4.69, 9.17) is 4.74 Å². The molecule has 0 saturated carbocycles. The highest BCUT2D eigenvalue weighted by Gasteiger charge is 2.70. The van der Waals surface area contributed by atoms with Crippen molar-refractivity contribution in [2.75, 3.05) is 0 Å². The van der Waals surface area contributed by atoms with Crippen molar-refractivity contribution in [2.45, 2.75) is 19.5 Å². The SMILES string of the molecule is Cc1cc2c3c(c1)-c1cccc[n+]1C31c3c(cc(C)cc3-c3cccc[n+]31)O2. The topological polar surface area (TPSA) is 17.0 Å². The van der Waals surface area contributed by atoms with Crippen LogP contribution in [0.3, 0.4) is 0 Å². The Hall–Kier alpha value is -3.46. The smallest absolute Gasteiger partial charge is 0.424 e. The van der Waals surface area contributed by atoms with E-state index in [9.17, 15) is 0 Å². The molecule has 0 amide bonds. The molecule has 0 aliphatic carbocycles. The van der Waals surface area contributed by atoms with E-state index >= 15 is 0 Å². The number of aromatic nitrogens is 2. The monoisotopic (exact) mass is 362 g/mol. The molecule has 0 radical (unpaired) electrons. The van der Waals surface area contributed by atoms with Crippen molar-refractivity contribution in [3.05, 3.63) is 95.3 Å². The number of aryl methyl sites for hydroxylation is 2. The number of nitrogens with zero attached hydrogens (tertiary/aromatic N) is 2. The maximum absolute atomic E-state index is 6.55. The number of hydrogen-bond acceptors (Lipinski definition) is 1. The minimum atomic E-state index is -0.428. The second-order valence-corrected chi connectivity index (χ2v) is 8.06. The molecule has 3 heteroatoms. The number of fused-ring (bicyclic) bond motifs is 4. The van der Waals surface area contributed by atoms with Gasteiger partial charge in [-0.05, 0) is 61.4 Å². The molecule has 5 heterocycles. The van der Waals surface area contributed by atoms with Gasteiger partial charge >= 0.3 is 5.66 Å². The van der Waals surface area contributed by atoms with Crippen LogP contribution in [0.15, 0.2) is 73.1 Å². The molecule has 2 aromatic carbocycles. The Balaban J connectivity index is 1.80. The second-order valence-electron chi connectivity index (χ2n) is 8.06. The van der Waals surface area contributed by atoms with Gasteiger partial charge in [0.15, 0.2) is 23.5 Å². The summed E-state index contributed by atoms with van der Waals surface area (Å²) in [5.74, 6) is 1.93. The van der Waals surface area contributed by atoms with E-state index in [2.05, 4.69) is 96.0 Å². The summed E-state index contributed by atoms with van der Waals surface area (Å²) < 4.78 is 11.4. The summed E-state index contributed by atoms with van der Waals surface area (Å²) in [6.07, 6.45) is 4.42. The maximum Gasteiger partial charge on any atom is 0.424 e. The lowest BCUT2D eigenvalue weighted by Gasteiger charge is -2.26. The van der Waals surface area contributed by atoms with Crippen molar-refractivity contribution in [1.29, 1.82) is 0 Å².